The molecule has 1 aromatic heterocycles. The second-order valence-electron chi connectivity index (χ2n) is 7.42. The highest BCUT2D eigenvalue weighted by Crippen LogP contribution is 2.31. The van der Waals surface area contributed by atoms with Crippen LogP contribution in [0.2, 0.25) is 0 Å². The van der Waals surface area contributed by atoms with Gasteiger partial charge in [0.1, 0.15) is 11.5 Å². The van der Waals surface area contributed by atoms with E-state index in [1.807, 2.05) is 12.1 Å². The van der Waals surface area contributed by atoms with Crippen LogP contribution in [0.1, 0.15) is 29.7 Å². The third-order valence-electron chi connectivity index (χ3n) is 5.44. The molecule has 0 amide bonds. The summed E-state index contributed by atoms with van der Waals surface area (Å²) in [6.45, 7) is 0.666. The number of nitrogens with two attached hydrogens (primary N) is 1. The molecule has 2 aromatic carbocycles. The Morgan fingerprint density at radius 1 is 1.10 bits per heavy atom. The lowest BCUT2D eigenvalue weighted by molar-refractivity contribution is 0.398. The van der Waals surface area contributed by atoms with Gasteiger partial charge in [0.15, 0.2) is 5.96 Å². The highest BCUT2D eigenvalue weighted by atomic mass is 16.5. The van der Waals surface area contributed by atoms with E-state index in [0.29, 0.717) is 12.5 Å². The van der Waals surface area contributed by atoms with Crippen molar-refractivity contribution in [3.63, 3.8) is 0 Å². The fourth-order valence-electron chi connectivity index (χ4n) is 3.96. The quantitative estimate of drug-likeness (QED) is 0.322. The van der Waals surface area contributed by atoms with E-state index < -0.39 is 0 Å². The first-order valence-corrected chi connectivity index (χ1v) is 10.1. The Kier molecular flexibility index (Phi) is 5.60. The lowest BCUT2D eigenvalue weighted by Crippen LogP contribution is -2.23. The molecule has 4 rings (SSSR count). The van der Waals surface area contributed by atoms with Gasteiger partial charge in [0.05, 0.1) is 19.7 Å². The van der Waals surface area contributed by atoms with Crippen molar-refractivity contribution < 1.29 is 9.47 Å². The SMILES string of the molecule is COc1cc(OC)c2cc(CCCN=C(N)Nc3ccc4c(c3)CCC4)[nH]c2c1. The Bertz CT molecular complexity index is 1040. The number of aliphatic imine (C=N–C) groups is 1. The first-order valence-electron chi connectivity index (χ1n) is 10.1. The zero-order chi connectivity index (χ0) is 20.2. The molecular weight excluding hydrogens is 364 g/mol. The summed E-state index contributed by atoms with van der Waals surface area (Å²) in [5.41, 5.74) is 12.1. The summed E-state index contributed by atoms with van der Waals surface area (Å²) in [4.78, 5) is 7.91. The van der Waals surface area contributed by atoms with Crippen LogP contribution in [-0.4, -0.2) is 31.7 Å². The minimum absolute atomic E-state index is 0.464. The zero-order valence-electron chi connectivity index (χ0n) is 17.0. The van der Waals surface area contributed by atoms with Crippen LogP contribution < -0.4 is 20.5 Å². The summed E-state index contributed by atoms with van der Waals surface area (Å²) in [6.07, 6.45) is 5.37. The average Bonchev–Trinajstić information content (AvgIpc) is 3.36. The van der Waals surface area contributed by atoms with E-state index >= 15 is 0 Å². The van der Waals surface area contributed by atoms with Gasteiger partial charge < -0.3 is 25.5 Å². The van der Waals surface area contributed by atoms with Crippen LogP contribution in [0.5, 0.6) is 11.5 Å². The second kappa shape index (κ2) is 8.47. The largest absolute Gasteiger partial charge is 0.497 e. The fourth-order valence-corrected chi connectivity index (χ4v) is 3.96. The van der Waals surface area contributed by atoms with E-state index in [1.54, 1.807) is 14.2 Å². The van der Waals surface area contributed by atoms with Gasteiger partial charge in [0, 0.05) is 35.4 Å². The second-order valence-corrected chi connectivity index (χ2v) is 7.42. The molecule has 0 unspecified atom stereocenters. The normalized spacial score (nSPS) is 13.5. The predicted molar refractivity (Wildman–Crippen MR) is 118 cm³/mol. The van der Waals surface area contributed by atoms with E-state index in [0.717, 1.165) is 53.0 Å². The number of guanidine groups is 1. The van der Waals surface area contributed by atoms with Gasteiger partial charge in [0.2, 0.25) is 0 Å². The molecule has 0 saturated carbocycles. The Labute approximate surface area is 171 Å². The van der Waals surface area contributed by atoms with Crippen molar-refractivity contribution >= 4 is 22.5 Å². The molecule has 152 valence electrons. The molecule has 0 radical (unpaired) electrons. The smallest absolute Gasteiger partial charge is 0.193 e. The first-order chi connectivity index (χ1) is 14.2. The standard InChI is InChI=1S/C23H28N4O2/c1-28-19-13-21-20(22(14-19)29-2)12-17(26-21)7-4-10-25-23(24)27-18-9-8-15-5-3-6-16(15)11-18/h8-9,11-14,26H,3-7,10H2,1-2H3,(H3,24,25,27). The molecule has 6 nitrogen and oxygen atoms in total. The molecule has 0 atom stereocenters. The number of anilines is 1. The number of rotatable bonds is 7. The van der Waals surface area contributed by atoms with E-state index in [9.17, 15) is 0 Å². The van der Waals surface area contributed by atoms with Gasteiger partial charge in [0.25, 0.3) is 0 Å². The van der Waals surface area contributed by atoms with Crippen LogP contribution in [-0.2, 0) is 19.3 Å². The van der Waals surface area contributed by atoms with E-state index in [2.05, 4.69) is 39.6 Å². The molecule has 1 heterocycles. The first kappa shape index (κ1) is 19.2. The predicted octanol–water partition coefficient (Wildman–Crippen LogP) is 4.03. The van der Waals surface area contributed by atoms with E-state index in [-0.39, 0.29) is 0 Å². The number of nitrogens with zero attached hydrogens (tertiary/aromatic N) is 1. The molecule has 0 spiro atoms. The molecule has 29 heavy (non-hydrogen) atoms. The number of H-pyrrole nitrogens is 1. The minimum atomic E-state index is 0.464. The summed E-state index contributed by atoms with van der Waals surface area (Å²) in [5, 5.41) is 4.27. The number of aryl methyl sites for hydroxylation is 3. The average molecular weight is 393 g/mol. The van der Waals surface area contributed by atoms with Crippen LogP contribution in [0.25, 0.3) is 10.9 Å². The number of fused-ring (bicyclic) bond motifs is 2. The molecule has 1 aliphatic carbocycles. The zero-order valence-corrected chi connectivity index (χ0v) is 17.0. The molecule has 0 fully saturated rings. The maximum absolute atomic E-state index is 6.06. The number of hydrogen-bond donors (Lipinski definition) is 3. The summed E-state index contributed by atoms with van der Waals surface area (Å²) >= 11 is 0. The number of methoxy groups -OCH3 is 2. The lowest BCUT2D eigenvalue weighted by Gasteiger charge is -2.08. The monoisotopic (exact) mass is 392 g/mol. The molecule has 0 bridgehead atoms. The fraction of sp³-hybridized carbons (Fsp3) is 0.348. The van der Waals surface area contributed by atoms with Crippen molar-refractivity contribution in [2.45, 2.75) is 32.1 Å². The van der Waals surface area contributed by atoms with Crippen molar-refractivity contribution in [3.05, 3.63) is 53.2 Å². The van der Waals surface area contributed by atoms with Crippen LogP contribution in [0.15, 0.2) is 41.4 Å². The van der Waals surface area contributed by atoms with Crippen LogP contribution >= 0.6 is 0 Å². The molecule has 0 saturated heterocycles. The lowest BCUT2D eigenvalue weighted by atomic mass is 10.1. The van der Waals surface area contributed by atoms with Crippen LogP contribution in [0.4, 0.5) is 5.69 Å². The molecular formula is C23H28N4O2. The van der Waals surface area contributed by atoms with Gasteiger partial charge in [-0.05, 0) is 61.4 Å². The Balaban J connectivity index is 1.33. The van der Waals surface area contributed by atoms with E-state index in [1.165, 1.54) is 24.0 Å². The van der Waals surface area contributed by atoms with Crippen molar-refractivity contribution in [3.8, 4) is 11.5 Å². The van der Waals surface area contributed by atoms with Crippen molar-refractivity contribution in [1.29, 1.82) is 0 Å². The molecule has 0 aliphatic heterocycles. The summed E-state index contributed by atoms with van der Waals surface area (Å²) in [7, 11) is 3.33. The van der Waals surface area contributed by atoms with Gasteiger partial charge in [-0.3, -0.25) is 4.99 Å². The van der Waals surface area contributed by atoms with Gasteiger partial charge in [-0.25, -0.2) is 0 Å². The number of hydrogen-bond acceptors (Lipinski definition) is 3. The third kappa shape index (κ3) is 4.31. The Morgan fingerprint density at radius 2 is 1.97 bits per heavy atom. The van der Waals surface area contributed by atoms with Crippen LogP contribution in [0, 0.1) is 0 Å². The maximum atomic E-state index is 6.06. The molecule has 1 aliphatic rings. The number of nitrogens with one attached hydrogen (secondary N) is 2. The molecule has 6 heteroatoms. The van der Waals surface area contributed by atoms with Gasteiger partial charge >= 0.3 is 0 Å². The number of aromatic amines is 1. The van der Waals surface area contributed by atoms with Crippen LogP contribution in [0.3, 0.4) is 0 Å². The Hall–Kier alpha value is -3.15. The highest BCUT2D eigenvalue weighted by Gasteiger charge is 2.11. The van der Waals surface area contributed by atoms with Gasteiger partial charge in [-0.15, -0.1) is 0 Å². The summed E-state index contributed by atoms with van der Waals surface area (Å²) < 4.78 is 10.8. The number of ether oxygens (including phenoxy) is 2. The summed E-state index contributed by atoms with van der Waals surface area (Å²) in [6, 6.07) is 12.5. The van der Waals surface area contributed by atoms with Crippen molar-refractivity contribution in [1.82, 2.24) is 4.98 Å². The third-order valence-corrected chi connectivity index (χ3v) is 5.44. The van der Waals surface area contributed by atoms with Gasteiger partial charge in [-0.1, -0.05) is 6.07 Å². The van der Waals surface area contributed by atoms with Gasteiger partial charge in [-0.2, -0.15) is 0 Å². The maximum Gasteiger partial charge on any atom is 0.193 e. The number of benzene rings is 2. The molecule has 3 aromatic rings. The summed E-state index contributed by atoms with van der Waals surface area (Å²) in [5.74, 6) is 2.05. The topological polar surface area (TPSA) is 84.7 Å². The number of aromatic nitrogens is 1. The highest BCUT2D eigenvalue weighted by molar-refractivity contribution is 5.92. The van der Waals surface area contributed by atoms with E-state index in [4.69, 9.17) is 15.2 Å². The molecule has 4 N–H and O–H groups in total. The van der Waals surface area contributed by atoms with Crippen molar-refractivity contribution in [2.75, 3.05) is 26.1 Å². The minimum Gasteiger partial charge on any atom is -0.497 e. The van der Waals surface area contributed by atoms with Crippen molar-refractivity contribution in [2.24, 2.45) is 10.7 Å². The Morgan fingerprint density at radius 3 is 2.79 bits per heavy atom.